The van der Waals surface area contributed by atoms with Gasteiger partial charge in [-0.2, -0.15) is 5.26 Å². The Balaban J connectivity index is 2.75. The molecule has 5 nitrogen and oxygen atoms in total. The van der Waals surface area contributed by atoms with Crippen LogP contribution in [0.2, 0.25) is 0 Å². The number of anilines is 1. The molecule has 1 heterocycles. The van der Waals surface area contributed by atoms with Crippen LogP contribution in [-0.2, 0) is 4.74 Å². The SMILES string of the molecule is CCN(CCC#N)c1ncc(C(=O)OC)s1. The molecule has 86 valence electrons. The van der Waals surface area contributed by atoms with Gasteiger partial charge in [-0.3, -0.25) is 0 Å². The van der Waals surface area contributed by atoms with Gasteiger partial charge in [-0.25, -0.2) is 9.78 Å². The third-order valence-electron chi connectivity index (χ3n) is 2.03. The van der Waals surface area contributed by atoms with Crippen LogP contribution < -0.4 is 4.90 Å². The van der Waals surface area contributed by atoms with Crippen molar-refractivity contribution in [2.24, 2.45) is 0 Å². The number of carbonyl (C=O) groups excluding carboxylic acids is 1. The van der Waals surface area contributed by atoms with Gasteiger partial charge in [0.15, 0.2) is 5.13 Å². The van der Waals surface area contributed by atoms with Crippen molar-refractivity contribution in [3.05, 3.63) is 11.1 Å². The summed E-state index contributed by atoms with van der Waals surface area (Å²) in [6.45, 7) is 3.37. The summed E-state index contributed by atoms with van der Waals surface area (Å²) in [7, 11) is 1.34. The van der Waals surface area contributed by atoms with Crippen LogP contribution in [0.1, 0.15) is 23.0 Å². The summed E-state index contributed by atoms with van der Waals surface area (Å²) in [5.41, 5.74) is 0. The van der Waals surface area contributed by atoms with Gasteiger partial charge >= 0.3 is 5.97 Å². The molecule has 0 aromatic carbocycles. The number of ether oxygens (including phenoxy) is 1. The number of thiazole rings is 1. The molecule has 0 radical (unpaired) electrons. The molecule has 0 N–H and O–H groups in total. The zero-order valence-corrected chi connectivity index (χ0v) is 10.1. The lowest BCUT2D eigenvalue weighted by atomic mass is 10.4. The van der Waals surface area contributed by atoms with E-state index in [1.54, 1.807) is 0 Å². The minimum Gasteiger partial charge on any atom is -0.465 e. The summed E-state index contributed by atoms with van der Waals surface area (Å²) >= 11 is 1.28. The first-order chi connectivity index (χ1) is 7.72. The van der Waals surface area contributed by atoms with E-state index < -0.39 is 0 Å². The lowest BCUT2D eigenvalue weighted by molar-refractivity contribution is 0.0606. The predicted molar refractivity (Wildman–Crippen MR) is 61.6 cm³/mol. The molecule has 6 heteroatoms. The molecule has 0 aliphatic heterocycles. The van der Waals surface area contributed by atoms with E-state index >= 15 is 0 Å². The maximum absolute atomic E-state index is 11.2. The van der Waals surface area contributed by atoms with Crippen molar-refractivity contribution in [1.29, 1.82) is 5.26 Å². The van der Waals surface area contributed by atoms with E-state index in [-0.39, 0.29) is 5.97 Å². The summed E-state index contributed by atoms with van der Waals surface area (Å²) < 4.78 is 4.60. The number of hydrogen-bond donors (Lipinski definition) is 0. The zero-order chi connectivity index (χ0) is 12.0. The van der Waals surface area contributed by atoms with Gasteiger partial charge in [0, 0.05) is 13.1 Å². The Morgan fingerprint density at radius 2 is 2.50 bits per heavy atom. The average Bonchev–Trinajstić information content (AvgIpc) is 2.78. The van der Waals surface area contributed by atoms with E-state index in [1.807, 2.05) is 11.8 Å². The Hall–Kier alpha value is -1.61. The first kappa shape index (κ1) is 12.5. The molecule has 0 spiro atoms. The molecule has 0 saturated heterocycles. The van der Waals surface area contributed by atoms with Crippen LogP contribution >= 0.6 is 11.3 Å². The number of carbonyl (C=O) groups is 1. The maximum Gasteiger partial charge on any atom is 0.349 e. The summed E-state index contributed by atoms with van der Waals surface area (Å²) in [5, 5.41) is 9.27. The molecule has 0 aliphatic rings. The summed E-state index contributed by atoms with van der Waals surface area (Å²) in [4.78, 5) is 17.8. The highest BCUT2D eigenvalue weighted by Crippen LogP contribution is 2.22. The highest BCUT2D eigenvalue weighted by atomic mass is 32.1. The van der Waals surface area contributed by atoms with E-state index in [0.717, 1.165) is 11.7 Å². The monoisotopic (exact) mass is 239 g/mol. The second kappa shape index (κ2) is 6.08. The summed E-state index contributed by atoms with van der Waals surface area (Å²) in [5.74, 6) is -0.375. The van der Waals surface area contributed by atoms with Gasteiger partial charge in [-0.15, -0.1) is 0 Å². The second-order valence-corrected chi connectivity index (χ2v) is 4.00. The van der Waals surface area contributed by atoms with E-state index in [0.29, 0.717) is 17.8 Å². The third-order valence-corrected chi connectivity index (χ3v) is 3.06. The van der Waals surface area contributed by atoms with Gasteiger partial charge in [0.25, 0.3) is 0 Å². The predicted octanol–water partition coefficient (Wildman–Crippen LogP) is 1.67. The molecule has 0 atom stereocenters. The minimum absolute atomic E-state index is 0.375. The standard InChI is InChI=1S/C10H13N3O2S/c1-3-13(6-4-5-11)10-12-7-8(16-10)9(14)15-2/h7H,3-4,6H2,1-2H3. The normalized spacial score (nSPS) is 9.56. The Morgan fingerprint density at radius 1 is 1.75 bits per heavy atom. The van der Waals surface area contributed by atoms with E-state index in [2.05, 4.69) is 15.8 Å². The minimum atomic E-state index is -0.375. The number of rotatable bonds is 5. The molecule has 0 aliphatic carbocycles. The van der Waals surface area contributed by atoms with Crippen LogP contribution in [-0.4, -0.2) is 31.2 Å². The van der Waals surface area contributed by atoms with Gasteiger partial charge in [0.05, 0.1) is 25.8 Å². The molecule has 0 unspecified atom stereocenters. The second-order valence-electron chi connectivity index (χ2n) is 2.99. The van der Waals surface area contributed by atoms with Crippen molar-refractivity contribution < 1.29 is 9.53 Å². The van der Waals surface area contributed by atoms with Crippen molar-refractivity contribution in [3.63, 3.8) is 0 Å². The number of methoxy groups -OCH3 is 1. The Morgan fingerprint density at radius 3 is 3.06 bits per heavy atom. The molecular formula is C10H13N3O2S. The fraction of sp³-hybridized carbons (Fsp3) is 0.500. The van der Waals surface area contributed by atoms with Crippen LogP contribution in [0.3, 0.4) is 0 Å². The van der Waals surface area contributed by atoms with Crippen LogP contribution in [0.25, 0.3) is 0 Å². The number of nitrogens with zero attached hydrogens (tertiary/aromatic N) is 3. The molecule has 16 heavy (non-hydrogen) atoms. The smallest absolute Gasteiger partial charge is 0.349 e. The van der Waals surface area contributed by atoms with Gasteiger partial charge < -0.3 is 9.64 Å². The first-order valence-corrected chi connectivity index (χ1v) is 5.70. The van der Waals surface area contributed by atoms with Crippen LogP contribution in [0.4, 0.5) is 5.13 Å². The highest BCUT2D eigenvalue weighted by Gasteiger charge is 2.14. The lowest BCUT2D eigenvalue weighted by Crippen LogP contribution is -2.23. The average molecular weight is 239 g/mol. The van der Waals surface area contributed by atoms with Gasteiger partial charge in [0.1, 0.15) is 4.88 Å². The third kappa shape index (κ3) is 2.94. The van der Waals surface area contributed by atoms with Crippen LogP contribution in [0, 0.1) is 11.3 Å². The summed E-state index contributed by atoms with van der Waals surface area (Å²) in [6, 6.07) is 2.09. The Bertz CT molecular complexity index is 397. The topological polar surface area (TPSA) is 66.2 Å². The Labute approximate surface area is 98.3 Å². The van der Waals surface area contributed by atoms with Gasteiger partial charge in [-0.1, -0.05) is 11.3 Å². The Kier molecular flexibility index (Phi) is 4.73. The quantitative estimate of drug-likeness (QED) is 0.731. The molecule has 0 saturated carbocycles. The van der Waals surface area contributed by atoms with Crippen molar-refractivity contribution in [1.82, 2.24) is 4.98 Å². The van der Waals surface area contributed by atoms with Crippen LogP contribution in [0.15, 0.2) is 6.20 Å². The maximum atomic E-state index is 11.2. The van der Waals surface area contributed by atoms with Gasteiger partial charge in [0.2, 0.25) is 0 Å². The largest absolute Gasteiger partial charge is 0.465 e. The van der Waals surface area contributed by atoms with Gasteiger partial charge in [-0.05, 0) is 6.92 Å². The number of esters is 1. The van der Waals surface area contributed by atoms with Crippen LogP contribution in [0.5, 0.6) is 0 Å². The van der Waals surface area contributed by atoms with E-state index in [1.165, 1.54) is 24.6 Å². The van der Waals surface area contributed by atoms with E-state index in [4.69, 9.17) is 5.26 Å². The number of hydrogen-bond acceptors (Lipinski definition) is 6. The highest BCUT2D eigenvalue weighted by molar-refractivity contribution is 7.17. The van der Waals surface area contributed by atoms with Crippen molar-refractivity contribution in [2.45, 2.75) is 13.3 Å². The van der Waals surface area contributed by atoms with Crippen molar-refractivity contribution in [2.75, 3.05) is 25.1 Å². The first-order valence-electron chi connectivity index (χ1n) is 4.89. The van der Waals surface area contributed by atoms with E-state index in [9.17, 15) is 4.79 Å². The summed E-state index contributed by atoms with van der Waals surface area (Å²) in [6.07, 6.45) is 1.95. The fourth-order valence-electron chi connectivity index (χ4n) is 1.18. The zero-order valence-electron chi connectivity index (χ0n) is 9.27. The molecule has 0 bridgehead atoms. The molecular weight excluding hydrogens is 226 g/mol. The fourth-order valence-corrected chi connectivity index (χ4v) is 2.10. The number of aromatic nitrogens is 1. The molecule has 1 rings (SSSR count). The molecule has 1 aromatic rings. The van der Waals surface area contributed by atoms with Crippen molar-refractivity contribution in [3.8, 4) is 6.07 Å². The van der Waals surface area contributed by atoms with Crippen molar-refractivity contribution >= 4 is 22.4 Å². The lowest BCUT2D eigenvalue weighted by Gasteiger charge is -2.17. The molecule has 0 fully saturated rings. The number of nitriles is 1. The molecule has 0 amide bonds. The molecule has 1 aromatic heterocycles.